The van der Waals surface area contributed by atoms with E-state index in [2.05, 4.69) is 64.1 Å². The molecule has 2 rings (SSSR count). The summed E-state index contributed by atoms with van der Waals surface area (Å²) in [4.78, 5) is 0. The number of hydrogen-bond acceptors (Lipinski definition) is 0. The molecule has 0 amide bonds. The minimum Gasteiger partial charge on any atom is -0.0726 e. The minimum absolute atomic E-state index is 0.293. The Morgan fingerprint density at radius 3 is 2.18 bits per heavy atom. The van der Waals surface area contributed by atoms with Crippen LogP contribution in [0.15, 0.2) is 42.0 Å². The molecule has 0 saturated carbocycles. The normalized spacial score (nSPS) is 15.8. The van der Waals surface area contributed by atoms with Gasteiger partial charge in [0.1, 0.15) is 0 Å². The molecule has 0 heteroatoms. The molecule has 0 atom stereocenters. The lowest BCUT2D eigenvalue weighted by Crippen LogP contribution is -2.07. The molecule has 0 saturated heterocycles. The molecule has 0 spiro atoms. The van der Waals surface area contributed by atoms with Crippen LogP contribution in [0, 0.1) is 5.41 Å². The lowest BCUT2D eigenvalue weighted by molar-refractivity contribution is 0.496. The Morgan fingerprint density at radius 1 is 1.06 bits per heavy atom. The number of rotatable bonds is 2. The molecule has 0 aliphatic heterocycles. The van der Waals surface area contributed by atoms with Crippen molar-refractivity contribution in [3.05, 3.63) is 53.1 Å². The number of benzene rings is 1. The topological polar surface area (TPSA) is 0 Å². The SMILES string of the molecule is CCc1ccc(C2=CCC(C(C)(C)C)=C2)cc1. The summed E-state index contributed by atoms with van der Waals surface area (Å²) in [6, 6.07) is 8.96. The van der Waals surface area contributed by atoms with Gasteiger partial charge in [-0.2, -0.15) is 0 Å². The van der Waals surface area contributed by atoms with Gasteiger partial charge in [0.15, 0.2) is 0 Å². The molecule has 1 aromatic carbocycles. The molecule has 17 heavy (non-hydrogen) atoms. The maximum absolute atomic E-state index is 2.36. The predicted octanol–water partition coefficient (Wildman–Crippen LogP) is 5.01. The van der Waals surface area contributed by atoms with Crippen LogP contribution in [0.3, 0.4) is 0 Å². The fraction of sp³-hybridized carbons (Fsp3) is 0.412. The molecule has 1 aliphatic carbocycles. The zero-order valence-electron chi connectivity index (χ0n) is 11.4. The van der Waals surface area contributed by atoms with Gasteiger partial charge >= 0.3 is 0 Å². The second kappa shape index (κ2) is 4.52. The van der Waals surface area contributed by atoms with E-state index in [1.807, 2.05) is 0 Å². The summed E-state index contributed by atoms with van der Waals surface area (Å²) in [6.45, 7) is 9.06. The van der Waals surface area contributed by atoms with Gasteiger partial charge in [-0.25, -0.2) is 0 Å². The molecule has 0 unspecified atom stereocenters. The number of aryl methyl sites for hydroxylation is 1. The van der Waals surface area contributed by atoms with Crippen molar-refractivity contribution in [2.24, 2.45) is 5.41 Å². The van der Waals surface area contributed by atoms with Crippen LogP contribution in [0.2, 0.25) is 0 Å². The first-order valence-electron chi connectivity index (χ1n) is 6.51. The highest BCUT2D eigenvalue weighted by atomic mass is 14.2. The van der Waals surface area contributed by atoms with Gasteiger partial charge in [-0.1, -0.05) is 69.7 Å². The molecule has 0 aromatic heterocycles. The average Bonchev–Trinajstić information content (AvgIpc) is 2.78. The Labute approximate surface area is 105 Å². The summed E-state index contributed by atoms with van der Waals surface area (Å²) in [5, 5.41) is 0. The van der Waals surface area contributed by atoms with E-state index in [1.54, 1.807) is 0 Å². The van der Waals surface area contributed by atoms with Crippen molar-refractivity contribution in [2.45, 2.75) is 40.5 Å². The van der Waals surface area contributed by atoms with Crippen molar-refractivity contribution in [3.8, 4) is 0 Å². The molecular formula is C17H22. The first-order chi connectivity index (χ1) is 8.00. The van der Waals surface area contributed by atoms with E-state index in [0.717, 1.165) is 12.8 Å². The van der Waals surface area contributed by atoms with Crippen LogP contribution in [-0.2, 0) is 6.42 Å². The number of allylic oxidation sites excluding steroid dienone is 4. The van der Waals surface area contributed by atoms with Crippen LogP contribution in [0.1, 0.15) is 45.2 Å². The van der Waals surface area contributed by atoms with E-state index in [0.29, 0.717) is 5.41 Å². The molecule has 90 valence electrons. The first kappa shape index (κ1) is 12.2. The van der Waals surface area contributed by atoms with Gasteiger partial charge in [-0.05, 0) is 35.0 Å². The van der Waals surface area contributed by atoms with Crippen molar-refractivity contribution < 1.29 is 0 Å². The summed E-state index contributed by atoms with van der Waals surface area (Å²) in [5.41, 5.74) is 5.97. The standard InChI is InChI=1S/C17H22/c1-5-13-6-8-14(9-7-13)15-10-11-16(12-15)17(2,3)4/h6-10,12H,5,11H2,1-4H3. The van der Waals surface area contributed by atoms with Crippen LogP contribution >= 0.6 is 0 Å². The van der Waals surface area contributed by atoms with Crippen molar-refractivity contribution >= 4 is 5.57 Å². The summed E-state index contributed by atoms with van der Waals surface area (Å²) < 4.78 is 0. The van der Waals surface area contributed by atoms with Gasteiger partial charge in [0.25, 0.3) is 0 Å². The Hall–Kier alpha value is -1.30. The summed E-state index contributed by atoms with van der Waals surface area (Å²) in [7, 11) is 0. The molecule has 0 nitrogen and oxygen atoms in total. The zero-order chi connectivity index (χ0) is 12.5. The Bertz CT molecular complexity index is 450. The first-order valence-corrected chi connectivity index (χ1v) is 6.51. The van der Waals surface area contributed by atoms with Gasteiger partial charge in [0, 0.05) is 0 Å². The highest BCUT2D eigenvalue weighted by Gasteiger charge is 2.20. The monoisotopic (exact) mass is 226 g/mol. The third-order valence-corrected chi connectivity index (χ3v) is 3.53. The Balaban J connectivity index is 2.22. The third-order valence-electron chi connectivity index (χ3n) is 3.53. The van der Waals surface area contributed by atoms with Crippen molar-refractivity contribution in [1.29, 1.82) is 0 Å². The van der Waals surface area contributed by atoms with E-state index in [-0.39, 0.29) is 0 Å². The van der Waals surface area contributed by atoms with Crippen LogP contribution in [0.5, 0.6) is 0 Å². The number of hydrogen-bond donors (Lipinski definition) is 0. The summed E-state index contributed by atoms with van der Waals surface area (Å²) >= 11 is 0. The molecular weight excluding hydrogens is 204 g/mol. The second-order valence-corrected chi connectivity index (χ2v) is 5.83. The molecule has 1 aliphatic rings. The minimum atomic E-state index is 0.293. The van der Waals surface area contributed by atoms with Gasteiger partial charge in [0.05, 0.1) is 0 Å². The molecule has 0 heterocycles. The van der Waals surface area contributed by atoms with Crippen LogP contribution < -0.4 is 0 Å². The van der Waals surface area contributed by atoms with Crippen molar-refractivity contribution in [1.82, 2.24) is 0 Å². The maximum Gasteiger partial charge on any atom is -0.0121 e. The smallest absolute Gasteiger partial charge is 0.0121 e. The van der Waals surface area contributed by atoms with Crippen molar-refractivity contribution in [3.63, 3.8) is 0 Å². The van der Waals surface area contributed by atoms with Crippen LogP contribution in [0.4, 0.5) is 0 Å². The summed E-state index contributed by atoms with van der Waals surface area (Å²) in [5.74, 6) is 0. The second-order valence-electron chi connectivity index (χ2n) is 5.83. The van der Waals surface area contributed by atoms with Gasteiger partial charge in [0.2, 0.25) is 0 Å². The van der Waals surface area contributed by atoms with E-state index in [9.17, 15) is 0 Å². The molecule has 0 bridgehead atoms. The van der Waals surface area contributed by atoms with Crippen LogP contribution in [-0.4, -0.2) is 0 Å². The Kier molecular flexibility index (Phi) is 3.24. The maximum atomic E-state index is 2.36. The van der Waals surface area contributed by atoms with E-state index >= 15 is 0 Å². The zero-order valence-corrected chi connectivity index (χ0v) is 11.4. The lowest BCUT2D eigenvalue weighted by Gasteiger charge is -2.19. The third kappa shape index (κ3) is 2.69. The van der Waals surface area contributed by atoms with Crippen LogP contribution in [0.25, 0.3) is 5.57 Å². The van der Waals surface area contributed by atoms with E-state index < -0.39 is 0 Å². The van der Waals surface area contributed by atoms with Gasteiger partial charge in [-0.3, -0.25) is 0 Å². The molecule has 0 fully saturated rings. The fourth-order valence-corrected chi connectivity index (χ4v) is 2.18. The largest absolute Gasteiger partial charge is 0.0726 e. The lowest BCUT2D eigenvalue weighted by atomic mass is 9.86. The quantitative estimate of drug-likeness (QED) is 0.665. The average molecular weight is 226 g/mol. The van der Waals surface area contributed by atoms with E-state index in [1.165, 1.54) is 22.3 Å². The van der Waals surface area contributed by atoms with E-state index in [4.69, 9.17) is 0 Å². The van der Waals surface area contributed by atoms with Gasteiger partial charge in [-0.15, -0.1) is 0 Å². The Morgan fingerprint density at radius 2 is 1.71 bits per heavy atom. The molecule has 0 N–H and O–H groups in total. The van der Waals surface area contributed by atoms with Gasteiger partial charge < -0.3 is 0 Å². The molecule has 1 aromatic rings. The fourth-order valence-electron chi connectivity index (χ4n) is 2.18. The predicted molar refractivity (Wildman–Crippen MR) is 76.0 cm³/mol. The summed E-state index contributed by atoms with van der Waals surface area (Å²) in [6.07, 6.45) is 6.93. The van der Waals surface area contributed by atoms with Crippen molar-refractivity contribution in [2.75, 3.05) is 0 Å². The highest BCUT2D eigenvalue weighted by molar-refractivity contribution is 5.77. The molecule has 0 radical (unpaired) electrons. The highest BCUT2D eigenvalue weighted by Crippen LogP contribution is 2.36.